The summed E-state index contributed by atoms with van der Waals surface area (Å²) in [5.74, 6) is 0.704. The molecule has 2 fully saturated rings. The van der Waals surface area contributed by atoms with E-state index >= 15 is 0 Å². The molecule has 1 aliphatic carbocycles. The summed E-state index contributed by atoms with van der Waals surface area (Å²) in [6.07, 6.45) is 6.83. The van der Waals surface area contributed by atoms with Gasteiger partial charge in [0.05, 0.1) is 0 Å². The second-order valence-electron chi connectivity index (χ2n) is 7.05. The molecule has 5 heteroatoms. The molecule has 1 aliphatic heterocycles. The number of carbonyl (C=O) groups excluding carboxylic acids is 1. The Morgan fingerprint density at radius 2 is 1.96 bits per heavy atom. The highest BCUT2D eigenvalue weighted by Gasteiger charge is 2.28. The predicted molar refractivity (Wildman–Crippen MR) is 105 cm³/mol. The third-order valence-corrected chi connectivity index (χ3v) is 6.58. The van der Waals surface area contributed by atoms with E-state index in [-0.39, 0.29) is 24.2 Å². The fourth-order valence-electron chi connectivity index (χ4n) is 3.35. The molecule has 0 bridgehead atoms. The lowest BCUT2D eigenvalue weighted by molar-refractivity contribution is -0.121. The molecule has 1 aromatic rings. The molecule has 1 unspecified atom stereocenters. The van der Waals surface area contributed by atoms with Crippen LogP contribution in [-0.4, -0.2) is 24.2 Å². The number of rotatable bonds is 5. The summed E-state index contributed by atoms with van der Waals surface area (Å²) >= 11 is 2.01. The Morgan fingerprint density at radius 1 is 1.25 bits per heavy atom. The molecule has 1 atom stereocenters. The molecule has 1 heterocycles. The molecule has 1 amide bonds. The maximum absolute atomic E-state index is 12.4. The second kappa shape index (κ2) is 9.12. The predicted octanol–water partition coefficient (Wildman–Crippen LogP) is 4.64. The normalized spacial score (nSPS) is 19.9. The summed E-state index contributed by atoms with van der Waals surface area (Å²) in [7, 11) is 0. The number of amides is 1. The largest absolute Gasteiger partial charge is 0.326 e. The molecule has 0 aromatic heterocycles. The average Bonchev–Trinajstić information content (AvgIpc) is 2.49. The van der Waals surface area contributed by atoms with E-state index in [1.807, 2.05) is 18.7 Å². The van der Waals surface area contributed by atoms with Gasteiger partial charge >= 0.3 is 0 Å². The molecule has 0 radical (unpaired) electrons. The quantitative estimate of drug-likeness (QED) is 0.795. The van der Waals surface area contributed by atoms with E-state index in [4.69, 9.17) is 0 Å². The molecule has 3 rings (SSSR count). The van der Waals surface area contributed by atoms with Gasteiger partial charge in [-0.25, -0.2) is 0 Å². The number of hydrogen-bond acceptors (Lipinski definition) is 3. The molecule has 0 spiro atoms. The van der Waals surface area contributed by atoms with Crippen LogP contribution < -0.4 is 10.6 Å². The summed E-state index contributed by atoms with van der Waals surface area (Å²) in [6.45, 7) is 6.05. The zero-order valence-corrected chi connectivity index (χ0v) is 16.3. The maximum atomic E-state index is 12.4. The first kappa shape index (κ1) is 19.6. The van der Waals surface area contributed by atoms with Gasteiger partial charge in [0.1, 0.15) is 0 Å². The van der Waals surface area contributed by atoms with Crippen molar-refractivity contribution in [3.8, 4) is 0 Å². The van der Waals surface area contributed by atoms with Gasteiger partial charge in [-0.05, 0) is 62.5 Å². The van der Waals surface area contributed by atoms with E-state index < -0.39 is 0 Å². The van der Waals surface area contributed by atoms with Crippen LogP contribution in [0.4, 0.5) is 5.69 Å². The Kier molecular flexibility index (Phi) is 7.45. The summed E-state index contributed by atoms with van der Waals surface area (Å²) in [5.41, 5.74) is 2.13. The maximum Gasteiger partial charge on any atom is 0.227 e. The summed E-state index contributed by atoms with van der Waals surface area (Å²) in [4.78, 5) is 13.7. The lowest BCUT2D eigenvalue weighted by atomic mass is 9.88. The van der Waals surface area contributed by atoms with Crippen LogP contribution in [0.5, 0.6) is 0 Å². The van der Waals surface area contributed by atoms with Crippen molar-refractivity contribution in [3.63, 3.8) is 0 Å². The van der Waals surface area contributed by atoms with E-state index in [1.165, 1.54) is 37.0 Å². The van der Waals surface area contributed by atoms with Crippen LogP contribution in [-0.2, 0) is 4.79 Å². The van der Waals surface area contributed by atoms with Crippen molar-refractivity contribution in [1.82, 2.24) is 5.32 Å². The van der Waals surface area contributed by atoms with Gasteiger partial charge in [0.15, 0.2) is 0 Å². The van der Waals surface area contributed by atoms with Crippen molar-refractivity contribution in [2.45, 2.75) is 56.1 Å². The molecule has 3 nitrogen and oxygen atoms in total. The number of hydrogen-bond donors (Lipinski definition) is 2. The van der Waals surface area contributed by atoms with Crippen LogP contribution in [0, 0.1) is 18.8 Å². The number of carbonyl (C=O) groups is 1. The van der Waals surface area contributed by atoms with Gasteiger partial charge in [0.2, 0.25) is 5.91 Å². The van der Waals surface area contributed by atoms with E-state index in [0.29, 0.717) is 5.92 Å². The fraction of sp³-hybridized carbons (Fsp3) is 0.632. The number of halogens is 1. The van der Waals surface area contributed by atoms with Crippen LogP contribution in [0.1, 0.15) is 44.6 Å². The van der Waals surface area contributed by atoms with Crippen LogP contribution in [0.2, 0.25) is 0 Å². The Bertz CT molecular complexity index is 556. The second-order valence-corrected chi connectivity index (χ2v) is 8.42. The zero-order chi connectivity index (χ0) is 16.2. The van der Waals surface area contributed by atoms with Gasteiger partial charge in [0.25, 0.3) is 0 Å². The van der Waals surface area contributed by atoms with Crippen LogP contribution in [0.15, 0.2) is 23.1 Å². The van der Waals surface area contributed by atoms with Gasteiger partial charge in [0, 0.05) is 21.8 Å². The number of aryl methyl sites for hydroxylation is 1. The highest BCUT2D eigenvalue weighted by molar-refractivity contribution is 8.00. The fourth-order valence-corrected chi connectivity index (χ4v) is 4.70. The minimum Gasteiger partial charge on any atom is -0.326 e. The highest BCUT2D eigenvalue weighted by Crippen LogP contribution is 2.35. The topological polar surface area (TPSA) is 41.1 Å². The van der Waals surface area contributed by atoms with Gasteiger partial charge in [-0.15, -0.1) is 24.2 Å². The van der Waals surface area contributed by atoms with Gasteiger partial charge in [-0.1, -0.05) is 26.2 Å². The molecule has 1 saturated carbocycles. The Balaban J connectivity index is 0.00000208. The third kappa shape index (κ3) is 4.90. The molecule has 1 aromatic carbocycles. The van der Waals surface area contributed by atoms with Crippen molar-refractivity contribution in [2.75, 3.05) is 18.4 Å². The molecule has 24 heavy (non-hydrogen) atoms. The number of thioether (sulfide) groups is 1. The third-order valence-electron chi connectivity index (χ3n) is 5.24. The highest BCUT2D eigenvalue weighted by atomic mass is 35.5. The van der Waals surface area contributed by atoms with E-state index in [1.54, 1.807) is 0 Å². The van der Waals surface area contributed by atoms with Gasteiger partial charge in [-0.3, -0.25) is 4.79 Å². The molecule has 134 valence electrons. The van der Waals surface area contributed by atoms with E-state index in [0.717, 1.165) is 29.6 Å². The van der Waals surface area contributed by atoms with E-state index in [2.05, 4.69) is 35.8 Å². The number of nitrogens with one attached hydrogen (secondary N) is 2. The molecule has 1 saturated heterocycles. The molecular weight excluding hydrogens is 340 g/mol. The van der Waals surface area contributed by atoms with E-state index in [9.17, 15) is 4.79 Å². The first-order chi connectivity index (χ1) is 11.1. The monoisotopic (exact) mass is 368 g/mol. The Labute approximate surface area is 156 Å². The van der Waals surface area contributed by atoms with Crippen molar-refractivity contribution >= 4 is 35.8 Å². The number of benzene rings is 1. The van der Waals surface area contributed by atoms with Crippen LogP contribution in [0.3, 0.4) is 0 Å². The first-order valence-electron chi connectivity index (χ1n) is 8.92. The van der Waals surface area contributed by atoms with Crippen molar-refractivity contribution < 1.29 is 4.79 Å². The standard InChI is InChI=1S/C19H28N2OS.ClH/c1-13-10-17(23-16-6-4-3-5-7-16)8-9-18(13)21-19(22)14(2)15-11-20-12-15;/h8-10,14-16,20H,3-7,11-12H2,1-2H3,(H,21,22);1H. The molecule has 2 aliphatic rings. The smallest absolute Gasteiger partial charge is 0.227 e. The van der Waals surface area contributed by atoms with Crippen molar-refractivity contribution in [2.24, 2.45) is 11.8 Å². The Morgan fingerprint density at radius 3 is 2.54 bits per heavy atom. The lowest BCUT2D eigenvalue weighted by Gasteiger charge is -2.31. The minimum atomic E-state index is 0. The SMILES string of the molecule is Cc1cc(SC2CCCCC2)ccc1NC(=O)C(C)C1CNC1.Cl. The Hall–Kier alpha value is -0.710. The molecular formula is C19H29ClN2OS. The first-order valence-corrected chi connectivity index (χ1v) is 9.80. The van der Waals surface area contributed by atoms with Crippen molar-refractivity contribution in [3.05, 3.63) is 23.8 Å². The van der Waals surface area contributed by atoms with Gasteiger partial charge in [-0.2, -0.15) is 0 Å². The van der Waals surface area contributed by atoms with Crippen molar-refractivity contribution in [1.29, 1.82) is 0 Å². The zero-order valence-electron chi connectivity index (χ0n) is 14.6. The minimum absolute atomic E-state index is 0. The molecule has 2 N–H and O–H groups in total. The lowest BCUT2D eigenvalue weighted by Crippen LogP contribution is -2.48. The number of anilines is 1. The summed E-state index contributed by atoms with van der Waals surface area (Å²) in [5, 5.41) is 7.12. The summed E-state index contributed by atoms with van der Waals surface area (Å²) < 4.78 is 0. The summed E-state index contributed by atoms with van der Waals surface area (Å²) in [6, 6.07) is 6.46. The van der Waals surface area contributed by atoms with Crippen LogP contribution in [0.25, 0.3) is 0 Å². The van der Waals surface area contributed by atoms with Gasteiger partial charge < -0.3 is 10.6 Å². The van der Waals surface area contributed by atoms with Crippen LogP contribution >= 0.6 is 24.2 Å². The average molecular weight is 369 g/mol.